The molecule has 0 saturated carbocycles. The van der Waals surface area contributed by atoms with E-state index in [2.05, 4.69) is 17.6 Å². The molecule has 21 heavy (non-hydrogen) atoms. The normalized spacial score (nSPS) is 23.0. The van der Waals surface area contributed by atoms with Crippen LogP contribution in [0, 0.1) is 0 Å². The highest BCUT2D eigenvalue weighted by Gasteiger charge is 2.40. The van der Waals surface area contributed by atoms with Gasteiger partial charge in [-0.2, -0.15) is 0 Å². The fourth-order valence-electron chi connectivity index (χ4n) is 3.14. The number of aliphatic hydroxyl groups is 1. The maximum atomic E-state index is 12.6. The van der Waals surface area contributed by atoms with Crippen molar-refractivity contribution in [1.29, 1.82) is 0 Å². The van der Waals surface area contributed by atoms with E-state index in [0.29, 0.717) is 6.42 Å². The summed E-state index contributed by atoms with van der Waals surface area (Å²) in [5.41, 5.74) is 0.694. The van der Waals surface area contributed by atoms with Crippen LogP contribution in [-0.2, 0) is 11.2 Å². The maximum Gasteiger partial charge on any atom is 0.240 e. The fourth-order valence-corrected chi connectivity index (χ4v) is 3.14. The molecule has 1 heterocycles. The molecule has 2 atom stereocenters. The average Bonchev–Trinajstić information content (AvgIpc) is 2.98. The number of benzene rings is 1. The van der Waals surface area contributed by atoms with Gasteiger partial charge in [0.05, 0.1) is 18.2 Å². The first-order chi connectivity index (χ1) is 10.2. The van der Waals surface area contributed by atoms with E-state index in [1.807, 2.05) is 30.3 Å². The number of aliphatic hydroxyl groups excluding tert-OH is 1. The maximum absolute atomic E-state index is 12.6. The zero-order chi connectivity index (χ0) is 15.1. The van der Waals surface area contributed by atoms with Crippen molar-refractivity contribution in [3.05, 3.63) is 35.9 Å². The molecule has 116 valence electrons. The molecule has 0 radical (unpaired) electrons. The van der Waals surface area contributed by atoms with E-state index in [1.54, 1.807) is 0 Å². The molecule has 1 aliphatic heterocycles. The van der Waals surface area contributed by atoms with Crippen molar-refractivity contribution in [2.75, 3.05) is 13.2 Å². The second-order valence-electron chi connectivity index (χ2n) is 5.91. The van der Waals surface area contributed by atoms with Gasteiger partial charge in [-0.1, -0.05) is 43.7 Å². The highest BCUT2D eigenvalue weighted by Crippen LogP contribution is 2.25. The summed E-state index contributed by atoms with van der Waals surface area (Å²) in [5, 5.41) is 16.0. The standard InChI is InChI=1S/C17H26N2O2/c1-2-9-17(10-6-11-18-17)16(21)19-15(13-20)12-14-7-4-3-5-8-14/h3-5,7-8,15,18,20H,2,6,9-13H2,1H3,(H,19,21)/t15-,17?/m0/s1. The molecule has 4 heteroatoms. The van der Waals surface area contributed by atoms with Gasteiger partial charge in [-0.15, -0.1) is 0 Å². The number of amides is 1. The summed E-state index contributed by atoms with van der Waals surface area (Å²) in [5.74, 6) is 0.0387. The molecular formula is C17H26N2O2. The van der Waals surface area contributed by atoms with Gasteiger partial charge in [0, 0.05) is 0 Å². The Kier molecular flexibility index (Phi) is 5.76. The summed E-state index contributed by atoms with van der Waals surface area (Å²) in [7, 11) is 0. The number of carbonyl (C=O) groups is 1. The van der Waals surface area contributed by atoms with Gasteiger partial charge in [-0.25, -0.2) is 0 Å². The molecule has 1 fully saturated rings. The molecular weight excluding hydrogens is 264 g/mol. The van der Waals surface area contributed by atoms with Crippen LogP contribution in [-0.4, -0.2) is 35.7 Å². The Hall–Kier alpha value is -1.39. The van der Waals surface area contributed by atoms with Crippen LogP contribution in [0.5, 0.6) is 0 Å². The molecule has 2 rings (SSSR count). The minimum Gasteiger partial charge on any atom is -0.394 e. The minimum absolute atomic E-state index is 0.0387. The molecule has 1 unspecified atom stereocenters. The van der Waals surface area contributed by atoms with E-state index < -0.39 is 5.54 Å². The lowest BCUT2D eigenvalue weighted by atomic mass is 9.90. The van der Waals surface area contributed by atoms with Crippen molar-refractivity contribution < 1.29 is 9.90 Å². The summed E-state index contributed by atoms with van der Waals surface area (Å²) in [4.78, 5) is 12.6. The Morgan fingerprint density at radius 3 is 2.76 bits per heavy atom. The molecule has 4 nitrogen and oxygen atoms in total. The lowest BCUT2D eigenvalue weighted by molar-refractivity contribution is -0.128. The predicted molar refractivity (Wildman–Crippen MR) is 84.0 cm³/mol. The number of nitrogens with one attached hydrogen (secondary N) is 2. The van der Waals surface area contributed by atoms with Gasteiger partial charge in [-0.3, -0.25) is 4.79 Å². The van der Waals surface area contributed by atoms with Gasteiger partial charge in [-0.05, 0) is 37.8 Å². The van der Waals surface area contributed by atoms with Crippen molar-refractivity contribution in [2.24, 2.45) is 0 Å². The molecule has 1 amide bonds. The first-order valence-electron chi connectivity index (χ1n) is 7.91. The van der Waals surface area contributed by atoms with E-state index in [4.69, 9.17) is 0 Å². The zero-order valence-electron chi connectivity index (χ0n) is 12.8. The van der Waals surface area contributed by atoms with Gasteiger partial charge in [0.2, 0.25) is 5.91 Å². The van der Waals surface area contributed by atoms with E-state index >= 15 is 0 Å². The minimum atomic E-state index is -0.432. The van der Waals surface area contributed by atoms with Crippen LogP contribution in [0.15, 0.2) is 30.3 Å². The topological polar surface area (TPSA) is 61.4 Å². The SMILES string of the molecule is CCCC1(C(=O)N[C@H](CO)Cc2ccccc2)CCCN1. The Bertz CT molecular complexity index is 441. The summed E-state index contributed by atoms with van der Waals surface area (Å²) < 4.78 is 0. The highest BCUT2D eigenvalue weighted by molar-refractivity contribution is 5.87. The van der Waals surface area contributed by atoms with Crippen LogP contribution in [0.2, 0.25) is 0 Å². The Morgan fingerprint density at radius 2 is 2.19 bits per heavy atom. The van der Waals surface area contributed by atoms with Crippen LogP contribution in [0.25, 0.3) is 0 Å². The number of carbonyl (C=O) groups excluding carboxylic acids is 1. The van der Waals surface area contributed by atoms with E-state index in [-0.39, 0.29) is 18.6 Å². The molecule has 0 bridgehead atoms. The largest absolute Gasteiger partial charge is 0.394 e. The third-order valence-electron chi connectivity index (χ3n) is 4.24. The number of rotatable bonds is 7. The number of hydrogen-bond donors (Lipinski definition) is 3. The first-order valence-corrected chi connectivity index (χ1v) is 7.91. The van der Waals surface area contributed by atoms with Gasteiger partial charge in [0.15, 0.2) is 0 Å². The number of hydrogen-bond acceptors (Lipinski definition) is 3. The summed E-state index contributed by atoms with van der Waals surface area (Å²) in [6.07, 6.45) is 4.41. The third kappa shape index (κ3) is 4.05. The quantitative estimate of drug-likeness (QED) is 0.715. The first kappa shape index (κ1) is 16.0. The molecule has 0 aromatic heterocycles. The average molecular weight is 290 g/mol. The van der Waals surface area contributed by atoms with Crippen LogP contribution < -0.4 is 10.6 Å². The van der Waals surface area contributed by atoms with Crippen LogP contribution in [0.3, 0.4) is 0 Å². The lowest BCUT2D eigenvalue weighted by Gasteiger charge is -2.30. The molecule has 1 aromatic carbocycles. The fraction of sp³-hybridized carbons (Fsp3) is 0.588. The van der Waals surface area contributed by atoms with Crippen LogP contribution >= 0.6 is 0 Å². The van der Waals surface area contributed by atoms with E-state index in [1.165, 1.54) is 0 Å². The zero-order valence-corrected chi connectivity index (χ0v) is 12.8. The molecule has 0 aliphatic carbocycles. The van der Waals surface area contributed by atoms with Crippen molar-refractivity contribution in [3.8, 4) is 0 Å². The van der Waals surface area contributed by atoms with Crippen LogP contribution in [0.4, 0.5) is 0 Å². The van der Waals surface area contributed by atoms with Gasteiger partial charge >= 0.3 is 0 Å². The predicted octanol–water partition coefficient (Wildman–Crippen LogP) is 1.63. The molecule has 1 saturated heterocycles. The third-order valence-corrected chi connectivity index (χ3v) is 4.24. The molecule has 3 N–H and O–H groups in total. The highest BCUT2D eigenvalue weighted by atomic mass is 16.3. The van der Waals surface area contributed by atoms with E-state index in [0.717, 1.165) is 37.8 Å². The second kappa shape index (κ2) is 7.57. The molecule has 0 spiro atoms. The van der Waals surface area contributed by atoms with E-state index in [9.17, 15) is 9.90 Å². The van der Waals surface area contributed by atoms with Gasteiger partial charge < -0.3 is 15.7 Å². The Morgan fingerprint density at radius 1 is 1.43 bits per heavy atom. The Labute approximate surface area is 126 Å². The molecule has 1 aromatic rings. The smallest absolute Gasteiger partial charge is 0.240 e. The summed E-state index contributed by atoms with van der Waals surface area (Å²) in [6, 6.07) is 9.73. The lowest BCUT2D eigenvalue weighted by Crippen LogP contribution is -2.56. The van der Waals surface area contributed by atoms with Crippen molar-refractivity contribution in [1.82, 2.24) is 10.6 Å². The summed E-state index contributed by atoms with van der Waals surface area (Å²) in [6.45, 7) is 2.96. The van der Waals surface area contributed by atoms with Crippen molar-refractivity contribution >= 4 is 5.91 Å². The Balaban J connectivity index is 1.98. The van der Waals surface area contributed by atoms with Crippen molar-refractivity contribution in [2.45, 2.75) is 50.6 Å². The summed E-state index contributed by atoms with van der Waals surface area (Å²) >= 11 is 0. The van der Waals surface area contributed by atoms with Gasteiger partial charge in [0.25, 0.3) is 0 Å². The van der Waals surface area contributed by atoms with Gasteiger partial charge in [0.1, 0.15) is 0 Å². The second-order valence-corrected chi connectivity index (χ2v) is 5.91. The van der Waals surface area contributed by atoms with Crippen molar-refractivity contribution in [3.63, 3.8) is 0 Å². The van der Waals surface area contributed by atoms with Crippen LogP contribution in [0.1, 0.15) is 38.2 Å². The monoisotopic (exact) mass is 290 g/mol. The molecule has 1 aliphatic rings.